The molecule has 1 aromatic rings. The molecule has 0 aromatic heterocycles. The Morgan fingerprint density at radius 2 is 2.17 bits per heavy atom. The molecule has 1 aliphatic rings. The number of carbonyl (C=O) groups is 1. The number of aliphatic imine (C=N–C) groups is 1. The molecule has 4 nitrogen and oxygen atoms in total. The first-order chi connectivity index (χ1) is 8.74. The zero-order chi connectivity index (χ0) is 13.0. The Morgan fingerprint density at radius 3 is 2.89 bits per heavy atom. The molecule has 1 aromatic carbocycles. The van der Waals surface area contributed by atoms with Crippen molar-refractivity contribution in [1.29, 1.82) is 0 Å². The van der Waals surface area contributed by atoms with E-state index in [2.05, 4.69) is 17.2 Å². The molecular formula is C14H18N2O2. The first-order valence-electron chi connectivity index (χ1n) is 6.24. The van der Waals surface area contributed by atoms with Crippen molar-refractivity contribution in [1.82, 2.24) is 5.32 Å². The van der Waals surface area contributed by atoms with Gasteiger partial charge in [0, 0.05) is 12.0 Å². The van der Waals surface area contributed by atoms with Crippen LogP contribution in [0.2, 0.25) is 0 Å². The quantitative estimate of drug-likeness (QED) is 0.863. The largest absolute Gasteiger partial charge is 0.496 e. The van der Waals surface area contributed by atoms with Gasteiger partial charge in [-0.3, -0.25) is 9.79 Å². The number of amides is 1. The first kappa shape index (κ1) is 12.6. The molecule has 4 heteroatoms. The maximum atomic E-state index is 11.7. The van der Waals surface area contributed by atoms with E-state index in [1.807, 2.05) is 24.3 Å². The molecule has 0 fully saturated rings. The Balaban J connectivity index is 2.10. The maximum Gasteiger partial charge on any atom is 0.250 e. The molecule has 0 saturated carbocycles. The average molecular weight is 246 g/mol. The summed E-state index contributed by atoms with van der Waals surface area (Å²) in [6.45, 7) is 2.06. The summed E-state index contributed by atoms with van der Waals surface area (Å²) < 4.78 is 5.29. The molecule has 0 saturated heterocycles. The number of nitrogens with zero attached hydrogens (tertiary/aromatic N) is 1. The lowest BCUT2D eigenvalue weighted by Gasteiger charge is -2.07. The fraction of sp³-hybridized carbons (Fsp3) is 0.429. The van der Waals surface area contributed by atoms with Crippen molar-refractivity contribution in [2.24, 2.45) is 4.99 Å². The lowest BCUT2D eigenvalue weighted by atomic mass is 10.1. The number of ether oxygens (including phenoxy) is 1. The zero-order valence-corrected chi connectivity index (χ0v) is 10.8. The van der Waals surface area contributed by atoms with Crippen molar-refractivity contribution in [2.75, 3.05) is 7.11 Å². The predicted octanol–water partition coefficient (Wildman–Crippen LogP) is 1.93. The Kier molecular flexibility index (Phi) is 3.97. The molecule has 1 unspecified atom stereocenters. The highest BCUT2D eigenvalue weighted by Gasteiger charge is 2.25. The number of rotatable bonds is 5. The highest BCUT2D eigenvalue weighted by molar-refractivity contribution is 6.06. The molecule has 96 valence electrons. The van der Waals surface area contributed by atoms with E-state index in [9.17, 15) is 4.79 Å². The third kappa shape index (κ3) is 2.70. The van der Waals surface area contributed by atoms with Crippen LogP contribution in [0.5, 0.6) is 5.75 Å². The monoisotopic (exact) mass is 246 g/mol. The second kappa shape index (κ2) is 5.67. The highest BCUT2D eigenvalue weighted by atomic mass is 16.5. The van der Waals surface area contributed by atoms with Crippen LogP contribution >= 0.6 is 0 Å². The predicted molar refractivity (Wildman–Crippen MR) is 71.0 cm³/mol. The summed E-state index contributed by atoms with van der Waals surface area (Å²) in [7, 11) is 1.65. The van der Waals surface area contributed by atoms with Gasteiger partial charge in [-0.2, -0.15) is 0 Å². The lowest BCUT2D eigenvalue weighted by molar-refractivity contribution is -0.120. The van der Waals surface area contributed by atoms with Crippen LogP contribution < -0.4 is 10.1 Å². The van der Waals surface area contributed by atoms with Crippen molar-refractivity contribution >= 4 is 11.7 Å². The van der Waals surface area contributed by atoms with Gasteiger partial charge in [0.2, 0.25) is 5.91 Å². The van der Waals surface area contributed by atoms with Gasteiger partial charge in [-0.25, -0.2) is 0 Å². The molecule has 0 bridgehead atoms. The van der Waals surface area contributed by atoms with Crippen molar-refractivity contribution < 1.29 is 9.53 Å². The van der Waals surface area contributed by atoms with Crippen LogP contribution in [0.3, 0.4) is 0 Å². The van der Waals surface area contributed by atoms with Crippen LogP contribution in [0.1, 0.15) is 25.3 Å². The van der Waals surface area contributed by atoms with Crippen LogP contribution in [-0.4, -0.2) is 24.9 Å². The minimum Gasteiger partial charge on any atom is -0.496 e. The van der Waals surface area contributed by atoms with Gasteiger partial charge >= 0.3 is 0 Å². The topological polar surface area (TPSA) is 50.7 Å². The van der Waals surface area contributed by atoms with Crippen LogP contribution in [0.25, 0.3) is 0 Å². The van der Waals surface area contributed by atoms with E-state index in [4.69, 9.17) is 4.74 Å². The smallest absolute Gasteiger partial charge is 0.250 e. The molecule has 1 atom stereocenters. The number of para-hydroxylation sites is 1. The molecule has 2 rings (SSSR count). The summed E-state index contributed by atoms with van der Waals surface area (Å²) >= 11 is 0. The summed E-state index contributed by atoms with van der Waals surface area (Å²) in [6, 6.07) is 7.58. The minimum absolute atomic E-state index is 0.0155. The fourth-order valence-electron chi connectivity index (χ4n) is 2.09. The highest BCUT2D eigenvalue weighted by Crippen LogP contribution is 2.19. The number of carbonyl (C=O) groups excluding carboxylic acids is 1. The molecule has 18 heavy (non-hydrogen) atoms. The molecule has 1 amide bonds. The standard InChI is InChI=1S/C14H18N2O2/c1-3-6-11-14(17)16-13(15-11)9-10-7-4-5-8-12(10)18-2/h4-5,7-8,11H,3,6,9H2,1-2H3,(H,15,16,17). The summed E-state index contributed by atoms with van der Waals surface area (Å²) in [4.78, 5) is 16.1. The molecule has 0 spiro atoms. The van der Waals surface area contributed by atoms with Crippen LogP contribution in [0, 0.1) is 0 Å². The van der Waals surface area contributed by atoms with Gasteiger partial charge in [-0.05, 0) is 12.5 Å². The Morgan fingerprint density at radius 1 is 1.39 bits per heavy atom. The lowest BCUT2D eigenvalue weighted by Crippen LogP contribution is -2.29. The minimum atomic E-state index is -0.209. The Bertz CT molecular complexity index is 469. The van der Waals surface area contributed by atoms with Crippen molar-refractivity contribution in [2.45, 2.75) is 32.2 Å². The number of amidine groups is 1. The van der Waals surface area contributed by atoms with Gasteiger partial charge < -0.3 is 10.1 Å². The van der Waals surface area contributed by atoms with E-state index in [0.717, 1.165) is 30.0 Å². The number of benzene rings is 1. The number of hydrogen-bond donors (Lipinski definition) is 1. The molecule has 1 heterocycles. The second-order valence-electron chi connectivity index (χ2n) is 4.36. The van der Waals surface area contributed by atoms with Gasteiger partial charge in [0.05, 0.1) is 7.11 Å². The Hall–Kier alpha value is -1.84. The van der Waals surface area contributed by atoms with E-state index in [1.54, 1.807) is 7.11 Å². The van der Waals surface area contributed by atoms with E-state index >= 15 is 0 Å². The molecule has 0 radical (unpaired) electrons. The summed E-state index contributed by atoms with van der Waals surface area (Å²) in [5.74, 6) is 1.58. The SMILES string of the molecule is CCCC1N=C(Cc2ccccc2OC)NC1=O. The molecule has 1 aliphatic heterocycles. The van der Waals surface area contributed by atoms with E-state index in [0.29, 0.717) is 6.42 Å². The molecule has 1 N–H and O–H groups in total. The van der Waals surface area contributed by atoms with Crippen LogP contribution in [0.15, 0.2) is 29.3 Å². The normalized spacial score (nSPS) is 18.4. The van der Waals surface area contributed by atoms with Gasteiger partial charge in [-0.1, -0.05) is 31.5 Å². The molecule has 0 aliphatic carbocycles. The Labute approximate surface area is 107 Å². The van der Waals surface area contributed by atoms with Gasteiger partial charge in [0.15, 0.2) is 0 Å². The zero-order valence-electron chi connectivity index (χ0n) is 10.8. The van der Waals surface area contributed by atoms with Gasteiger partial charge in [0.1, 0.15) is 17.6 Å². The first-order valence-corrected chi connectivity index (χ1v) is 6.24. The number of hydrogen-bond acceptors (Lipinski definition) is 3. The second-order valence-corrected chi connectivity index (χ2v) is 4.36. The van der Waals surface area contributed by atoms with Crippen LogP contribution in [0.4, 0.5) is 0 Å². The summed E-state index contributed by atoms with van der Waals surface area (Å²) in [5.41, 5.74) is 1.04. The summed E-state index contributed by atoms with van der Waals surface area (Å²) in [5, 5.41) is 2.84. The number of methoxy groups -OCH3 is 1. The van der Waals surface area contributed by atoms with Crippen molar-refractivity contribution in [3.63, 3.8) is 0 Å². The third-order valence-electron chi connectivity index (χ3n) is 2.99. The fourth-order valence-corrected chi connectivity index (χ4v) is 2.09. The molecular weight excluding hydrogens is 228 g/mol. The average Bonchev–Trinajstić information content (AvgIpc) is 2.71. The van der Waals surface area contributed by atoms with Crippen LogP contribution in [-0.2, 0) is 11.2 Å². The van der Waals surface area contributed by atoms with Crippen molar-refractivity contribution in [3.8, 4) is 5.75 Å². The maximum absolute atomic E-state index is 11.7. The van der Waals surface area contributed by atoms with Gasteiger partial charge in [0.25, 0.3) is 0 Å². The van der Waals surface area contributed by atoms with E-state index in [1.165, 1.54) is 0 Å². The number of nitrogens with one attached hydrogen (secondary N) is 1. The third-order valence-corrected chi connectivity index (χ3v) is 2.99. The summed E-state index contributed by atoms with van der Waals surface area (Å²) in [6.07, 6.45) is 2.38. The van der Waals surface area contributed by atoms with Gasteiger partial charge in [-0.15, -0.1) is 0 Å². The van der Waals surface area contributed by atoms with Crippen molar-refractivity contribution in [3.05, 3.63) is 29.8 Å². The van der Waals surface area contributed by atoms with E-state index in [-0.39, 0.29) is 11.9 Å². The van der Waals surface area contributed by atoms with E-state index < -0.39 is 0 Å².